The molecule has 1 unspecified atom stereocenters. The van der Waals surface area contributed by atoms with Crippen molar-refractivity contribution in [1.29, 1.82) is 0 Å². The molecule has 6 nitrogen and oxygen atoms in total. The van der Waals surface area contributed by atoms with E-state index in [4.69, 9.17) is 0 Å². The largest absolute Gasteiger partial charge is 0.433 e. The molecule has 3 N–H and O–H groups in total. The summed E-state index contributed by atoms with van der Waals surface area (Å²) in [7, 11) is 0. The van der Waals surface area contributed by atoms with Crippen molar-refractivity contribution in [3.8, 4) is 0 Å². The van der Waals surface area contributed by atoms with Gasteiger partial charge in [-0.25, -0.2) is 4.79 Å². The third-order valence-electron chi connectivity index (χ3n) is 3.78. The molecule has 0 fully saturated rings. The number of imidazole rings is 1. The summed E-state index contributed by atoms with van der Waals surface area (Å²) >= 11 is 0. The van der Waals surface area contributed by atoms with Gasteiger partial charge in [0, 0.05) is 6.20 Å². The fourth-order valence-electron chi connectivity index (χ4n) is 2.38. The summed E-state index contributed by atoms with van der Waals surface area (Å²) in [4.78, 5) is 32.3. The number of hydrogen-bond donors (Lipinski definition) is 3. The Morgan fingerprint density at radius 2 is 1.96 bits per heavy atom. The fraction of sp³-hybridized carbons (Fsp3) is 0.188. The van der Waals surface area contributed by atoms with Crippen molar-refractivity contribution in [1.82, 2.24) is 15.0 Å². The number of amides is 1. The van der Waals surface area contributed by atoms with Gasteiger partial charge in [-0.2, -0.15) is 13.2 Å². The second-order valence-electron chi connectivity index (χ2n) is 5.49. The molecule has 0 radical (unpaired) electrons. The first-order valence-electron chi connectivity index (χ1n) is 7.31. The van der Waals surface area contributed by atoms with E-state index in [2.05, 4.69) is 20.3 Å². The van der Waals surface area contributed by atoms with Gasteiger partial charge in [-0.1, -0.05) is 12.1 Å². The number of anilines is 1. The van der Waals surface area contributed by atoms with E-state index in [1.165, 1.54) is 6.07 Å². The molecule has 2 aromatic heterocycles. The quantitative estimate of drug-likeness (QED) is 0.678. The molecule has 0 spiro atoms. The van der Waals surface area contributed by atoms with Crippen LogP contribution >= 0.6 is 0 Å². The summed E-state index contributed by atoms with van der Waals surface area (Å²) in [5.41, 5.74) is 0.299. The van der Waals surface area contributed by atoms with Crippen LogP contribution in [-0.2, 0) is 11.0 Å². The molecule has 0 aliphatic carbocycles. The van der Waals surface area contributed by atoms with Gasteiger partial charge in [0.25, 0.3) is 0 Å². The van der Waals surface area contributed by atoms with E-state index in [-0.39, 0.29) is 0 Å². The topological polar surface area (TPSA) is 90.6 Å². The summed E-state index contributed by atoms with van der Waals surface area (Å²) in [6.07, 6.45) is -3.49. The van der Waals surface area contributed by atoms with Crippen LogP contribution in [0.3, 0.4) is 0 Å². The molecule has 0 saturated heterocycles. The minimum Gasteiger partial charge on any atom is -0.324 e. The second kappa shape index (κ2) is 6.08. The lowest BCUT2D eigenvalue weighted by Crippen LogP contribution is -2.19. The van der Waals surface area contributed by atoms with E-state index >= 15 is 0 Å². The van der Waals surface area contributed by atoms with Gasteiger partial charge in [0.05, 0.1) is 22.6 Å². The highest BCUT2D eigenvalue weighted by atomic mass is 19.4. The fourth-order valence-corrected chi connectivity index (χ4v) is 2.38. The minimum atomic E-state index is -4.53. The van der Waals surface area contributed by atoms with Gasteiger partial charge in [0.1, 0.15) is 5.69 Å². The zero-order valence-electron chi connectivity index (χ0n) is 12.9. The van der Waals surface area contributed by atoms with Crippen molar-refractivity contribution < 1.29 is 18.0 Å². The summed E-state index contributed by atoms with van der Waals surface area (Å²) in [6.45, 7) is 1.56. The van der Waals surface area contributed by atoms with Gasteiger partial charge in [0.15, 0.2) is 0 Å². The third kappa shape index (κ3) is 3.39. The molecule has 3 rings (SSSR count). The van der Waals surface area contributed by atoms with Gasteiger partial charge in [0.2, 0.25) is 5.91 Å². The number of para-hydroxylation sites is 1. The number of benzene rings is 1. The molecule has 0 aliphatic rings. The number of aromatic nitrogens is 3. The molecule has 1 amide bonds. The van der Waals surface area contributed by atoms with E-state index in [0.29, 0.717) is 22.3 Å². The van der Waals surface area contributed by atoms with Crippen molar-refractivity contribution in [3.05, 3.63) is 58.3 Å². The Bertz CT molecular complexity index is 973. The lowest BCUT2D eigenvalue weighted by molar-refractivity contribution is -0.141. The molecule has 25 heavy (non-hydrogen) atoms. The summed E-state index contributed by atoms with van der Waals surface area (Å²) in [5, 5.41) is 2.66. The molecule has 1 atom stereocenters. The Labute approximate surface area is 139 Å². The number of halogens is 3. The van der Waals surface area contributed by atoms with Gasteiger partial charge in [-0.15, -0.1) is 0 Å². The summed E-state index contributed by atoms with van der Waals surface area (Å²) in [5.74, 6) is -1.16. The van der Waals surface area contributed by atoms with Crippen molar-refractivity contribution in [3.63, 3.8) is 0 Å². The molecule has 9 heteroatoms. The van der Waals surface area contributed by atoms with Crippen LogP contribution in [0.5, 0.6) is 0 Å². The van der Waals surface area contributed by atoms with Crippen LogP contribution in [0, 0.1) is 0 Å². The highest BCUT2D eigenvalue weighted by Crippen LogP contribution is 2.28. The van der Waals surface area contributed by atoms with Gasteiger partial charge >= 0.3 is 11.9 Å². The molecule has 2 heterocycles. The van der Waals surface area contributed by atoms with E-state index < -0.39 is 29.4 Å². The van der Waals surface area contributed by atoms with Gasteiger partial charge < -0.3 is 15.3 Å². The lowest BCUT2D eigenvalue weighted by Gasteiger charge is -2.13. The number of rotatable bonds is 3. The molecular weight excluding hydrogens is 337 g/mol. The normalized spacial score (nSPS) is 13.0. The average molecular weight is 350 g/mol. The number of carbonyl (C=O) groups excluding carboxylic acids is 1. The van der Waals surface area contributed by atoms with Crippen molar-refractivity contribution in [2.24, 2.45) is 0 Å². The second-order valence-corrected chi connectivity index (χ2v) is 5.49. The molecular formula is C16H13F3N4O2. The highest BCUT2D eigenvalue weighted by Gasteiger charge is 2.32. The smallest absolute Gasteiger partial charge is 0.324 e. The molecule has 130 valence electrons. The van der Waals surface area contributed by atoms with E-state index in [9.17, 15) is 22.8 Å². The highest BCUT2D eigenvalue weighted by molar-refractivity contribution is 6.01. The Morgan fingerprint density at radius 3 is 2.60 bits per heavy atom. The van der Waals surface area contributed by atoms with Crippen LogP contribution < -0.4 is 11.0 Å². The maximum absolute atomic E-state index is 12.5. The SMILES string of the molecule is CC(C(=O)Nc1cccc2[nH]c(=O)[nH]c12)c1ccc(C(F)(F)F)nc1. The van der Waals surface area contributed by atoms with Crippen LogP contribution in [0.15, 0.2) is 41.3 Å². The summed E-state index contributed by atoms with van der Waals surface area (Å²) < 4.78 is 37.6. The number of hydrogen-bond acceptors (Lipinski definition) is 3. The van der Waals surface area contributed by atoms with E-state index in [1.807, 2.05) is 0 Å². The lowest BCUT2D eigenvalue weighted by atomic mass is 10.0. The summed E-state index contributed by atoms with van der Waals surface area (Å²) in [6, 6.07) is 7.00. The first-order chi connectivity index (χ1) is 11.8. The predicted octanol–water partition coefficient (Wildman–Crippen LogP) is 3.01. The Morgan fingerprint density at radius 1 is 1.20 bits per heavy atom. The van der Waals surface area contributed by atoms with Crippen LogP contribution in [0.4, 0.5) is 18.9 Å². The van der Waals surface area contributed by atoms with Crippen LogP contribution in [0.1, 0.15) is 24.1 Å². The molecule has 3 aromatic rings. The minimum absolute atomic E-state index is 0.347. The van der Waals surface area contributed by atoms with Crippen LogP contribution in [0.25, 0.3) is 11.0 Å². The number of alkyl halides is 3. The number of H-pyrrole nitrogens is 2. The number of aromatic amines is 2. The molecule has 0 aliphatic heterocycles. The monoisotopic (exact) mass is 350 g/mol. The zero-order chi connectivity index (χ0) is 18.2. The standard InChI is InChI=1S/C16H13F3N4O2/c1-8(9-5-6-12(20-7-9)16(17,18)19)14(24)21-10-3-2-4-11-13(10)23-15(25)22-11/h2-8H,1H3,(H,21,24)(H2,22,23,25). The Balaban J connectivity index is 1.81. The predicted molar refractivity (Wildman–Crippen MR) is 85.2 cm³/mol. The van der Waals surface area contributed by atoms with Gasteiger partial charge in [-0.3, -0.25) is 9.78 Å². The van der Waals surface area contributed by atoms with Crippen molar-refractivity contribution in [2.45, 2.75) is 19.0 Å². The van der Waals surface area contributed by atoms with Crippen molar-refractivity contribution >= 4 is 22.6 Å². The zero-order valence-corrected chi connectivity index (χ0v) is 12.9. The first-order valence-corrected chi connectivity index (χ1v) is 7.31. The number of pyridine rings is 1. The molecule has 0 saturated carbocycles. The molecule has 0 bridgehead atoms. The average Bonchev–Trinajstić information content (AvgIpc) is 2.95. The van der Waals surface area contributed by atoms with Crippen molar-refractivity contribution in [2.75, 3.05) is 5.32 Å². The number of fused-ring (bicyclic) bond motifs is 1. The Kier molecular flexibility index (Phi) is 4.07. The number of carbonyl (C=O) groups is 1. The maximum Gasteiger partial charge on any atom is 0.433 e. The Hall–Kier alpha value is -3.10. The number of nitrogens with zero attached hydrogens (tertiary/aromatic N) is 1. The van der Waals surface area contributed by atoms with E-state index in [0.717, 1.165) is 12.3 Å². The van der Waals surface area contributed by atoms with Crippen LogP contribution in [0.2, 0.25) is 0 Å². The van der Waals surface area contributed by atoms with Crippen LogP contribution in [-0.4, -0.2) is 20.9 Å². The van der Waals surface area contributed by atoms with E-state index in [1.54, 1.807) is 25.1 Å². The maximum atomic E-state index is 12.5. The number of nitrogens with one attached hydrogen (secondary N) is 3. The first kappa shape index (κ1) is 16.7. The van der Waals surface area contributed by atoms with Gasteiger partial charge in [-0.05, 0) is 30.7 Å². The molecule has 1 aromatic carbocycles. The third-order valence-corrected chi connectivity index (χ3v) is 3.78.